The molecule has 2 fully saturated rings. The molecular weight excluding hydrogens is 306 g/mol. The van der Waals surface area contributed by atoms with Crippen molar-refractivity contribution in [2.45, 2.75) is 65.0 Å². The third kappa shape index (κ3) is 5.96. The number of amides is 2. The zero-order valence-corrected chi connectivity index (χ0v) is 15.5. The van der Waals surface area contributed by atoms with Crippen molar-refractivity contribution < 1.29 is 14.7 Å². The van der Waals surface area contributed by atoms with Crippen LogP contribution in [0.4, 0.5) is 4.79 Å². The van der Waals surface area contributed by atoms with Gasteiger partial charge in [0.2, 0.25) is 0 Å². The molecule has 138 valence electrons. The first-order valence-corrected chi connectivity index (χ1v) is 9.13. The molecule has 0 aromatic carbocycles. The van der Waals surface area contributed by atoms with Crippen molar-refractivity contribution in [3.05, 3.63) is 0 Å². The van der Waals surface area contributed by atoms with Crippen LogP contribution in [0.1, 0.15) is 52.9 Å². The topological polar surface area (TPSA) is 72.9 Å². The Balaban J connectivity index is 1.75. The van der Waals surface area contributed by atoms with Gasteiger partial charge in [-0.2, -0.15) is 0 Å². The summed E-state index contributed by atoms with van der Waals surface area (Å²) in [5, 5.41) is 12.1. The van der Waals surface area contributed by atoms with E-state index in [2.05, 4.69) is 26.1 Å². The quantitative estimate of drug-likeness (QED) is 0.807. The maximum absolute atomic E-state index is 12.5. The number of hydrogen-bond donors (Lipinski definition) is 2. The molecule has 2 aliphatic rings. The van der Waals surface area contributed by atoms with Gasteiger partial charge in [0, 0.05) is 25.2 Å². The number of nitrogens with one attached hydrogen (secondary N) is 1. The van der Waals surface area contributed by atoms with Crippen LogP contribution in [-0.4, -0.2) is 65.7 Å². The number of carbonyl (C=O) groups is 2. The van der Waals surface area contributed by atoms with Crippen molar-refractivity contribution in [1.82, 2.24) is 15.1 Å². The highest BCUT2D eigenvalue weighted by molar-refractivity contribution is 5.75. The number of likely N-dealkylation sites (tertiary alicyclic amines) is 1. The number of nitrogens with zero attached hydrogens (tertiary/aromatic N) is 2. The van der Waals surface area contributed by atoms with E-state index in [0.29, 0.717) is 23.9 Å². The molecule has 0 radical (unpaired) electrons. The van der Waals surface area contributed by atoms with Gasteiger partial charge in [0.1, 0.15) is 0 Å². The summed E-state index contributed by atoms with van der Waals surface area (Å²) in [7, 11) is 1.86. The van der Waals surface area contributed by atoms with Crippen molar-refractivity contribution in [3.8, 4) is 0 Å². The molecule has 0 bridgehead atoms. The lowest BCUT2D eigenvalue weighted by atomic mass is 9.89. The van der Waals surface area contributed by atoms with Gasteiger partial charge in [-0.3, -0.25) is 9.69 Å². The summed E-state index contributed by atoms with van der Waals surface area (Å²) in [6.45, 7) is 8.26. The largest absolute Gasteiger partial charge is 0.480 e. The van der Waals surface area contributed by atoms with Gasteiger partial charge in [0.25, 0.3) is 0 Å². The van der Waals surface area contributed by atoms with Crippen molar-refractivity contribution in [2.75, 3.05) is 26.7 Å². The van der Waals surface area contributed by atoms with Crippen LogP contribution in [0.15, 0.2) is 0 Å². The third-order valence-corrected chi connectivity index (χ3v) is 5.10. The summed E-state index contributed by atoms with van der Waals surface area (Å²) in [5.41, 5.74) is 0.314. The first-order valence-electron chi connectivity index (χ1n) is 9.13. The van der Waals surface area contributed by atoms with Gasteiger partial charge in [-0.15, -0.1) is 0 Å². The van der Waals surface area contributed by atoms with Crippen LogP contribution >= 0.6 is 0 Å². The molecule has 3 atom stereocenters. The molecule has 0 aromatic heterocycles. The predicted molar refractivity (Wildman–Crippen MR) is 94.0 cm³/mol. The number of aliphatic carboxylic acids is 1. The second-order valence-electron chi connectivity index (χ2n) is 8.70. The minimum absolute atomic E-state index is 0.0537. The van der Waals surface area contributed by atoms with Crippen LogP contribution < -0.4 is 5.32 Å². The number of carbonyl (C=O) groups excluding carboxylic acids is 1. The molecule has 2 rings (SSSR count). The van der Waals surface area contributed by atoms with Crippen LogP contribution in [-0.2, 0) is 4.79 Å². The fourth-order valence-corrected chi connectivity index (χ4v) is 3.75. The molecule has 0 aromatic rings. The Bertz CT molecular complexity index is 461. The van der Waals surface area contributed by atoms with Gasteiger partial charge in [0.15, 0.2) is 0 Å². The highest BCUT2D eigenvalue weighted by Crippen LogP contribution is 2.40. The smallest absolute Gasteiger partial charge is 0.317 e. The van der Waals surface area contributed by atoms with Crippen molar-refractivity contribution in [3.63, 3.8) is 0 Å². The molecule has 1 heterocycles. The Morgan fingerprint density at radius 2 is 1.96 bits per heavy atom. The summed E-state index contributed by atoms with van der Waals surface area (Å²) in [6.07, 6.45) is 4.97. The van der Waals surface area contributed by atoms with E-state index < -0.39 is 5.97 Å². The van der Waals surface area contributed by atoms with E-state index in [0.717, 1.165) is 38.6 Å². The number of likely N-dealkylation sites (N-methyl/N-ethyl adjacent to an activating group) is 1. The lowest BCUT2D eigenvalue weighted by molar-refractivity contribution is -0.138. The monoisotopic (exact) mass is 339 g/mol. The second-order valence-corrected chi connectivity index (χ2v) is 8.70. The lowest BCUT2D eigenvalue weighted by Crippen LogP contribution is -2.42. The maximum Gasteiger partial charge on any atom is 0.317 e. The Morgan fingerprint density at radius 1 is 1.25 bits per heavy atom. The molecule has 0 spiro atoms. The van der Waals surface area contributed by atoms with E-state index in [4.69, 9.17) is 5.11 Å². The summed E-state index contributed by atoms with van der Waals surface area (Å²) in [4.78, 5) is 27.1. The summed E-state index contributed by atoms with van der Waals surface area (Å²) < 4.78 is 0. The molecule has 1 saturated carbocycles. The average Bonchev–Trinajstić information content (AvgIpc) is 3.18. The summed E-state index contributed by atoms with van der Waals surface area (Å²) >= 11 is 0. The minimum atomic E-state index is -0.796. The molecule has 6 nitrogen and oxygen atoms in total. The maximum atomic E-state index is 12.5. The van der Waals surface area contributed by atoms with E-state index in [-0.39, 0.29) is 18.6 Å². The van der Waals surface area contributed by atoms with Crippen molar-refractivity contribution >= 4 is 12.0 Å². The van der Waals surface area contributed by atoms with Crippen LogP contribution in [0.2, 0.25) is 0 Å². The zero-order chi connectivity index (χ0) is 17.9. The minimum Gasteiger partial charge on any atom is -0.480 e. The summed E-state index contributed by atoms with van der Waals surface area (Å²) in [6, 6.07) is 0.636. The third-order valence-electron chi connectivity index (χ3n) is 5.10. The second kappa shape index (κ2) is 7.72. The van der Waals surface area contributed by atoms with Gasteiger partial charge in [-0.05, 0) is 50.5 Å². The average molecular weight is 339 g/mol. The Labute approximate surface area is 145 Å². The molecule has 1 saturated heterocycles. The molecule has 2 amide bonds. The Morgan fingerprint density at radius 3 is 2.58 bits per heavy atom. The molecule has 1 aliphatic carbocycles. The van der Waals surface area contributed by atoms with E-state index in [1.807, 2.05) is 16.8 Å². The summed E-state index contributed by atoms with van der Waals surface area (Å²) in [5.74, 6) is -0.176. The molecule has 1 unspecified atom stereocenters. The zero-order valence-electron chi connectivity index (χ0n) is 15.5. The molecular formula is C18H33N3O3. The van der Waals surface area contributed by atoms with Crippen molar-refractivity contribution in [1.29, 1.82) is 0 Å². The van der Waals surface area contributed by atoms with E-state index >= 15 is 0 Å². The molecule has 2 N–H and O–H groups in total. The van der Waals surface area contributed by atoms with Gasteiger partial charge in [0.05, 0.1) is 6.54 Å². The first kappa shape index (κ1) is 19.0. The first-order chi connectivity index (χ1) is 11.2. The van der Waals surface area contributed by atoms with Gasteiger partial charge in [-0.1, -0.05) is 20.8 Å². The van der Waals surface area contributed by atoms with Crippen LogP contribution in [0.3, 0.4) is 0 Å². The molecule has 24 heavy (non-hydrogen) atoms. The molecule has 1 aliphatic heterocycles. The van der Waals surface area contributed by atoms with Crippen molar-refractivity contribution in [2.24, 2.45) is 11.3 Å². The van der Waals surface area contributed by atoms with Gasteiger partial charge < -0.3 is 15.3 Å². The number of rotatable bonds is 5. The van der Waals surface area contributed by atoms with Crippen LogP contribution in [0.25, 0.3) is 0 Å². The number of carboxylic acid groups (broad SMARTS) is 1. The predicted octanol–water partition coefficient (Wildman–Crippen LogP) is 2.39. The number of carboxylic acids is 1. The van der Waals surface area contributed by atoms with Gasteiger partial charge >= 0.3 is 12.0 Å². The van der Waals surface area contributed by atoms with Crippen LogP contribution in [0.5, 0.6) is 0 Å². The van der Waals surface area contributed by atoms with E-state index in [1.54, 1.807) is 0 Å². The highest BCUT2D eigenvalue weighted by Gasteiger charge is 2.41. The Hall–Kier alpha value is -1.30. The number of hydrogen-bond acceptors (Lipinski definition) is 3. The fourth-order valence-electron chi connectivity index (χ4n) is 3.75. The highest BCUT2D eigenvalue weighted by atomic mass is 16.4. The number of urea groups is 1. The van der Waals surface area contributed by atoms with E-state index in [9.17, 15) is 9.59 Å². The van der Waals surface area contributed by atoms with Gasteiger partial charge in [-0.25, -0.2) is 4.79 Å². The van der Waals surface area contributed by atoms with Crippen LogP contribution in [0, 0.1) is 11.3 Å². The van der Waals surface area contributed by atoms with E-state index in [1.165, 1.54) is 0 Å². The standard InChI is InChI=1S/C18H33N3O3/c1-18(2,3)11-13-10-15(13)19-17(24)21-8-5-6-14(7-9-21)20(4)12-16(22)23/h13-15H,5-12H2,1-4H3,(H,19,24)(H,22,23)/t13-,14?,15+/m0/s1. The molecule has 6 heteroatoms. The normalized spacial score (nSPS) is 27.7. The lowest BCUT2D eigenvalue weighted by Gasteiger charge is -2.25. The fraction of sp³-hybridized carbons (Fsp3) is 0.889. The SMILES string of the molecule is CN(CC(=O)O)C1CCCN(C(=O)N[C@@H]2C[C@H]2CC(C)(C)C)CC1. The Kier molecular flexibility index (Phi) is 6.12.